The number of sulfonamides is 1. The zero-order valence-corrected chi connectivity index (χ0v) is 14.7. The van der Waals surface area contributed by atoms with E-state index >= 15 is 0 Å². The molecule has 122 valence electrons. The van der Waals surface area contributed by atoms with Crippen molar-refractivity contribution < 1.29 is 8.42 Å². The summed E-state index contributed by atoms with van der Waals surface area (Å²) in [5.41, 5.74) is 0.985. The van der Waals surface area contributed by atoms with E-state index in [1.807, 2.05) is 11.6 Å². The van der Waals surface area contributed by atoms with Gasteiger partial charge < -0.3 is 9.88 Å². The third-order valence-electron chi connectivity index (χ3n) is 3.79. The average Bonchev–Trinajstić information content (AvgIpc) is 2.81. The zero-order valence-electron chi connectivity index (χ0n) is 13.9. The molecule has 1 heterocycles. The molecule has 0 saturated heterocycles. The Kier molecular flexibility index (Phi) is 6.90. The standard InChI is InChI=1S/C15H29N3O2S/c1-6-8-16-10-14-9-15(12-17(14)4)21(19,20)18(5)11-13(3)7-2/h9,12-13,16H,6-8,10-11H2,1-5H3. The SMILES string of the molecule is CCCNCc1cc(S(=O)(=O)N(C)CC(C)CC)cn1C. The highest BCUT2D eigenvalue weighted by Crippen LogP contribution is 2.19. The fraction of sp³-hybridized carbons (Fsp3) is 0.733. The summed E-state index contributed by atoms with van der Waals surface area (Å²) in [5, 5.41) is 3.30. The summed E-state index contributed by atoms with van der Waals surface area (Å²) in [4.78, 5) is 0.379. The van der Waals surface area contributed by atoms with Gasteiger partial charge in [-0.1, -0.05) is 27.2 Å². The summed E-state index contributed by atoms with van der Waals surface area (Å²) in [6.07, 6.45) is 3.74. The molecular formula is C15H29N3O2S. The van der Waals surface area contributed by atoms with Crippen molar-refractivity contribution in [3.05, 3.63) is 18.0 Å². The molecule has 0 aliphatic heterocycles. The van der Waals surface area contributed by atoms with Gasteiger partial charge in [0.25, 0.3) is 0 Å². The highest BCUT2D eigenvalue weighted by molar-refractivity contribution is 7.89. The molecule has 0 aliphatic rings. The largest absolute Gasteiger partial charge is 0.352 e. The molecule has 6 heteroatoms. The van der Waals surface area contributed by atoms with E-state index in [9.17, 15) is 8.42 Å². The van der Waals surface area contributed by atoms with Crippen molar-refractivity contribution in [3.8, 4) is 0 Å². The number of nitrogens with one attached hydrogen (secondary N) is 1. The van der Waals surface area contributed by atoms with Gasteiger partial charge in [-0.05, 0) is 24.9 Å². The van der Waals surface area contributed by atoms with Crippen LogP contribution >= 0.6 is 0 Å². The van der Waals surface area contributed by atoms with Crippen LogP contribution in [0.5, 0.6) is 0 Å². The normalized spacial score (nSPS) is 13.8. The molecule has 0 amide bonds. The van der Waals surface area contributed by atoms with Crippen LogP contribution in [0.15, 0.2) is 17.2 Å². The number of hydrogen-bond acceptors (Lipinski definition) is 3. The molecule has 0 bridgehead atoms. The topological polar surface area (TPSA) is 54.3 Å². The molecule has 0 aliphatic carbocycles. The van der Waals surface area contributed by atoms with Crippen LogP contribution in [0.2, 0.25) is 0 Å². The Balaban J connectivity index is 2.86. The maximum atomic E-state index is 12.6. The minimum atomic E-state index is -3.39. The molecular weight excluding hydrogens is 286 g/mol. The maximum Gasteiger partial charge on any atom is 0.244 e. The number of rotatable bonds is 9. The first kappa shape index (κ1) is 18.2. The van der Waals surface area contributed by atoms with E-state index in [1.54, 1.807) is 19.3 Å². The number of aryl methyl sites for hydroxylation is 1. The van der Waals surface area contributed by atoms with E-state index in [-0.39, 0.29) is 0 Å². The van der Waals surface area contributed by atoms with Crippen LogP contribution in [0.3, 0.4) is 0 Å². The van der Waals surface area contributed by atoms with Gasteiger partial charge in [0, 0.05) is 39.1 Å². The first-order chi connectivity index (χ1) is 9.82. The van der Waals surface area contributed by atoms with Crippen molar-refractivity contribution in [1.82, 2.24) is 14.2 Å². The molecule has 21 heavy (non-hydrogen) atoms. The van der Waals surface area contributed by atoms with E-state index < -0.39 is 10.0 Å². The predicted molar refractivity (Wildman–Crippen MR) is 86.7 cm³/mol. The third-order valence-corrected chi connectivity index (χ3v) is 5.58. The first-order valence-electron chi connectivity index (χ1n) is 7.65. The minimum absolute atomic E-state index is 0.360. The monoisotopic (exact) mass is 315 g/mol. The van der Waals surface area contributed by atoms with Gasteiger partial charge in [0.05, 0.1) is 0 Å². The summed E-state index contributed by atoms with van der Waals surface area (Å²) in [5.74, 6) is 0.360. The van der Waals surface area contributed by atoms with Gasteiger partial charge in [-0.3, -0.25) is 0 Å². The van der Waals surface area contributed by atoms with Crippen LogP contribution in [0.1, 0.15) is 39.3 Å². The molecule has 1 rings (SSSR count). The zero-order chi connectivity index (χ0) is 16.0. The van der Waals surface area contributed by atoms with Crippen LogP contribution < -0.4 is 5.32 Å². The Morgan fingerprint density at radius 3 is 2.62 bits per heavy atom. The Hall–Kier alpha value is -0.850. The van der Waals surface area contributed by atoms with Gasteiger partial charge in [-0.25, -0.2) is 12.7 Å². The van der Waals surface area contributed by atoms with E-state index in [2.05, 4.69) is 26.1 Å². The lowest BCUT2D eigenvalue weighted by Crippen LogP contribution is -2.30. The van der Waals surface area contributed by atoms with Crippen LogP contribution in [-0.4, -0.2) is 37.4 Å². The molecule has 5 nitrogen and oxygen atoms in total. The molecule has 1 aromatic rings. The Labute approximate surface area is 129 Å². The van der Waals surface area contributed by atoms with Crippen molar-refractivity contribution in [2.24, 2.45) is 13.0 Å². The van der Waals surface area contributed by atoms with E-state index in [4.69, 9.17) is 0 Å². The number of nitrogens with zero attached hydrogens (tertiary/aromatic N) is 2. The lowest BCUT2D eigenvalue weighted by atomic mass is 10.1. The highest BCUT2D eigenvalue weighted by atomic mass is 32.2. The first-order valence-corrected chi connectivity index (χ1v) is 9.09. The highest BCUT2D eigenvalue weighted by Gasteiger charge is 2.24. The van der Waals surface area contributed by atoms with E-state index in [1.165, 1.54) is 4.31 Å². The third kappa shape index (κ3) is 4.83. The van der Waals surface area contributed by atoms with Gasteiger partial charge in [-0.15, -0.1) is 0 Å². The van der Waals surface area contributed by atoms with E-state index in [0.717, 1.165) is 25.1 Å². The minimum Gasteiger partial charge on any atom is -0.352 e. The van der Waals surface area contributed by atoms with Crippen LogP contribution in [0, 0.1) is 5.92 Å². The van der Waals surface area contributed by atoms with Crippen LogP contribution in [-0.2, 0) is 23.6 Å². The van der Waals surface area contributed by atoms with Crippen LogP contribution in [0.4, 0.5) is 0 Å². The van der Waals surface area contributed by atoms with Gasteiger partial charge in [0.15, 0.2) is 0 Å². The van der Waals surface area contributed by atoms with E-state index in [0.29, 0.717) is 23.9 Å². The van der Waals surface area contributed by atoms with Crippen LogP contribution in [0.25, 0.3) is 0 Å². The lowest BCUT2D eigenvalue weighted by molar-refractivity contribution is 0.393. The summed E-state index contributed by atoms with van der Waals surface area (Å²) in [7, 11) is 0.150. The van der Waals surface area contributed by atoms with Gasteiger partial charge in [0.1, 0.15) is 4.90 Å². The summed E-state index contributed by atoms with van der Waals surface area (Å²) < 4.78 is 28.5. The molecule has 0 saturated carbocycles. The number of aromatic nitrogens is 1. The lowest BCUT2D eigenvalue weighted by Gasteiger charge is -2.19. The maximum absolute atomic E-state index is 12.6. The van der Waals surface area contributed by atoms with Crippen molar-refractivity contribution in [2.45, 2.75) is 45.1 Å². The van der Waals surface area contributed by atoms with Gasteiger partial charge >= 0.3 is 0 Å². The fourth-order valence-corrected chi connectivity index (χ4v) is 3.52. The molecule has 1 unspecified atom stereocenters. The Morgan fingerprint density at radius 1 is 1.38 bits per heavy atom. The van der Waals surface area contributed by atoms with Crippen molar-refractivity contribution in [1.29, 1.82) is 0 Å². The molecule has 1 atom stereocenters. The summed E-state index contributed by atoms with van der Waals surface area (Å²) in [6.45, 7) is 8.42. The number of hydrogen-bond donors (Lipinski definition) is 1. The second kappa shape index (κ2) is 7.96. The summed E-state index contributed by atoms with van der Waals surface area (Å²) >= 11 is 0. The molecule has 0 spiro atoms. The molecule has 1 N–H and O–H groups in total. The molecule has 1 aromatic heterocycles. The van der Waals surface area contributed by atoms with Crippen molar-refractivity contribution in [3.63, 3.8) is 0 Å². The van der Waals surface area contributed by atoms with Crippen molar-refractivity contribution in [2.75, 3.05) is 20.1 Å². The smallest absolute Gasteiger partial charge is 0.244 e. The Bertz CT molecular complexity index is 537. The quantitative estimate of drug-likeness (QED) is 0.711. The van der Waals surface area contributed by atoms with Gasteiger partial charge in [0.2, 0.25) is 10.0 Å². The summed E-state index contributed by atoms with van der Waals surface area (Å²) in [6, 6.07) is 1.77. The second-order valence-electron chi connectivity index (χ2n) is 5.75. The second-order valence-corrected chi connectivity index (χ2v) is 7.80. The van der Waals surface area contributed by atoms with Gasteiger partial charge in [-0.2, -0.15) is 0 Å². The average molecular weight is 315 g/mol. The molecule has 0 aromatic carbocycles. The Morgan fingerprint density at radius 2 is 2.05 bits per heavy atom. The molecule has 0 radical (unpaired) electrons. The molecule has 0 fully saturated rings. The fourth-order valence-electron chi connectivity index (χ4n) is 2.13. The predicted octanol–water partition coefficient (Wildman–Crippen LogP) is 2.19. The van der Waals surface area contributed by atoms with Crippen molar-refractivity contribution >= 4 is 10.0 Å².